The Hall–Kier alpha value is -2.22. The summed E-state index contributed by atoms with van der Waals surface area (Å²) < 4.78 is 10.5. The number of methoxy groups -OCH3 is 2. The van der Waals surface area contributed by atoms with Gasteiger partial charge in [0.15, 0.2) is 0 Å². The highest BCUT2D eigenvalue weighted by Gasteiger charge is 2.13. The van der Waals surface area contributed by atoms with Crippen LogP contribution < -0.4 is 9.47 Å². The van der Waals surface area contributed by atoms with E-state index >= 15 is 0 Å². The summed E-state index contributed by atoms with van der Waals surface area (Å²) in [6, 6.07) is 14.3. The fourth-order valence-corrected chi connectivity index (χ4v) is 2.52. The van der Waals surface area contributed by atoms with E-state index in [1.165, 1.54) is 22.3 Å². The molecule has 0 spiro atoms. The number of fused-ring (bicyclic) bond motifs is 1. The Morgan fingerprint density at radius 1 is 0.850 bits per heavy atom. The van der Waals surface area contributed by atoms with E-state index in [2.05, 4.69) is 30.3 Å². The maximum absolute atomic E-state index is 5.27. The molecule has 2 heteroatoms. The molecule has 0 N–H and O–H groups in total. The lowest BCUT2D eigenvalue weighted by Gasteiger charge is -2.17. The number of allylic oxidation sites excluding steroid dienone is 1. The Balaban J connectivity index is 1.93. The Morgan fingerprint density at radius 3 is 2.25 bits per heavy atom. The van der Waals surface area contributed by atoms with Crippen molar-refractivity contribution in [2.45, 2.75) is 12.8 Å². The first-order valence-electron chi connectivity index (χ1n) is 6.74. The molecule has 0 bridgehead atoms. The standard InChI is InChI=1S/C18H17O2/c1-19-17-8-5-13(6-9-17)14-3-4-16-12-18(20-2)10-7-15(16)11-14/h5-10,12H,3-4H2,1-2H3. The first-order valence-corrected chi connectivity index (χ1v) is 6.74. The first-order chi connectivity index (χ1) is 9.80. The van der Waals surface area contributed by atoms with Gasteiger partial charge in [0, 0.05) is 0 Å². The fourth-order valence-electron chi connectivity index (χ4n) is 2.52. The van der Waals surface area contributed by atoms with Crippen molar-refractivity contribution in [2.24, 2.45) is 0 Å². The molecule has 2 nitrogen and oxygen atoms in total. The Labute approximate surface area is 119 Å². The van der Waals surface area contributed by atoms with Crippen LogP contribution in [0.3, 0.4) is 0 Å². The molecule has 0 saturated heterocycles. The van der Waals surface area contributed by atoms with Gasteiger partial charge < -0.3 is 9.47 Å². The zero-order valence-electron chi connectivity index (χ0n) is 11.8. The summed E-state index contributed by atoms with van der Waals surface area (Å²) in [7, 11) is 3.39. The van der Waals surface area contributed by atoms with Crippen molar-refractivity contribution < 1.29 is 9.47 Å². The second kappa shape index (κ2) is 5.41. The van der Waals surface area contributed by atoms with E-state index in [0.717, 1.165) is 24.3 Å². The van der Waals surface area contributed by atoms with Crippen molar-refractivity contribution in [3.8, 4) is 11.5 Å². The molecule has 0 aromatic heterocycles. The molecular formula is C18H17O2. The quantitative estimate of drug-likeness (QED) is 0.838. The second-order valence-electron chi connectivity index (χ2n) is 4.86. The molecule has 1 aliphatic carbocycles. The predicted octanol–water partition coefficient (Wildman–Crippen LogP) is 3.88. The average molecular weight is 265 g/mol. The normalized spacial score (nSPS) is 13.4. The maximum Gasteiger partial charge on any atom is 0.119 e. The summed E-state index contributed by atoms with van der Waals surface area (Å²) >= 11 is 0. The number of aryl methyl sites for hydroxylation is 1. The Morgan fingerprint density at radius 2 is 1.55 bits per heavy atom. The zero-order valence-corrected chi connectivity index (χ0v) is 11.8. The van der Waals surface area contributed by atoms with Crippen LogP contribution >= 0.6 is 0 Å². The van der Waals surface area contributed by atoms with Crippen molar-refractivity contribution in [2.75, 3.05) is 14.2 Å². The molecule has 20 heavy (non-hydrogen) atoms. The molecule has 0 amide bonds. The lowest BCUT2D eigenvalue weighted by molar-refractivity contribution is 0.414. The molecule has 1 aliphatic rings. The third kappa shape index (κ3) is 2.42. The van der Waals surface area contributed by atoms with Gasteiger partial charge in [0.2, 0.25) is 0 Å². The van der Waals surface area contributed by atoms with Gasteiger partial charge in [-0.2, -0.15) is 0 Å². The molecule has 0 heterocycles. The average Bonchev–Trinajstić information content (AvgIpc) is 2.54. The van der Waals surface area contributed by atoms with Crippen LogP contribution in [0, 0.1) is 6.08 Å². The number of benzene rings is 2. The molecule has 0 saturated carbocycles. The molecular weight excluding hydrogens is 248 g/mol. The van der Waals surface area contributed by atoms with Crippen LogP contribution in [0.1, 0.15) is 23.1 Å². The van der Waals surface area contributed by atoms with Crippen molar-refractivity contribution >= 4 is 5.57 Å². The largest absolute Gasteiger partial charge is 0.497 e. The van der Waals surface area contributed by atoms with Gasteiger partial charge in [0.1, 0.15) is 11.5 Å². The van der Waals surface area contributed by atoms with Gasteiger partial charge in [-0.25, -0.2) is 0 Å². The van der Waals surface area contributed by atoms with E-state index in [1.807, 2.05) is 18.2 Å². The highest BCUT2D eigenvalue weighted by Crippen LogP contribution is 2.31. The van der Waals surface area contributed by atoms with E-state index in [1.54, 1.807) is 14.2 Å². The Bertz CT molecular complexity index is 639. The van der Waals surface area contributed by atoms with Gasteiger partial charge in [-0.3, -0.25) is 0 Å². The molecule has 0 atom stereocenters. The summed E-state index contributed by atoms with van der Waals surface area (Å²) in [6.45, 7) is 0. The molecule has 2 aromatic carbocycles. The van der Waals surface area contributed by atoms with E-state index < -0.39 is 0 Å². The van der Waals surface area contributed by atoms with Crippen LogP contribution in [0.4, 0.5) is 0 Å². The van der Waals surface area contributed by atoms with Crippen LogP contribution in [-0.2, 0) is 6.42 Å². The molecule has 1 radical (unpaired) electrons. The molecule has 0 fully saturated rings. The summed E-state index contributed by atoms with van der Waals surface area (Å²) in [6.07, 6.45) is 5.56. The van der Waals surface area contributed by atoms with Crippen molar-refractivity contribution in [3.05, 3.63) is 65.2 Å². The van der Waals surface area contributed by atoms with Crippen LogP contribution in [0.25, 0.3) is 5.57 Å². The first kappa shape index (κ1) is 12.8. The molecule has 3 rings (SSSR count). The minimum Gasteiger partial charge on any atom is -0.497 e. The van der Waals surface area contributed by atoms with E-state index in [9.17, 15) is 0 Å². The SMILES string of the molecule is COc1ccc(C2=[C]c3ccc(OC)cc3CC2)cc1. The topological polar surface area (TPSA) is 18.5 Å². The van der Waals surface area contributed by atoms with Gasteiger partial charge in [-0.1, -0.05) is 18.2 Å². The van der Waals surface area contributed by atoms with Gasteiger partial charge in [0.05, 0.1) is 14.2 Å². The highest BCUT2D eigenvalue weighted by molar-refractivity contribution is 5.69. The van der Waals surface area contributed by atoms with Gasteiger partial charge in [0.25, 0.3) is 0 Å². The van der Waals surface area contributed by atoms with Crippen LogP contribution in [-0.4, -0.2) is 14.2 Å². The monoisotopic (exact) mass is 265 g/mol. The molecule has 2 aromatic rings. The van der Waals surface area contributed by atoms with Crippen LogP contribution in [0.2, 0.25) is 0 Å². The summed E-state index contributed by atoms with van der Waals surface area (Å²) in [4.78, 5) is 0. The number of ether oxygens (including phenoxy) is 2. The number of hydrogen-bond acceptors (Lipinski definition) is 2. The third-order valence-corrected chi connectivity index (χ3v) is 3.68. The van der Waals surface area contributed by atoms with Crippen molar-refractivity contribution in [1.29, 1.82) is 0 Å². The van der Waals surface area contributed by atoms with Crippen LogP contribution in [0.15, 0.2) is 42.5 Å². The minimum absolute atomic E-state index is 0.885. The minimum atomic E-state index is 0.885. The predicted molar refractivity (Wildman–Crippen MR) is 80.1 cm³/mol. The third-order valence-electron chi connectivity index (χ3n) is 3.68. The zero-order chi connectivity index (χ0) is 13.9. The molecule has 101 valence electrons. The van der Waals surface area contributed by atoms with Crippen molar-refractivity contribution in [1.82, 2.24) is 0 Å². The summed E-state index contributed by atoms with van der Waals surface area (Å²) in [5, 5.41) is 0. The fraction of sp³-hybridized carbons (Fsp3) is 0.222. The second-order valence-corrected chi connectivity index (χ2v) is 4.86. The number of rotatable bonds is 3. The van der Waals surface area contributed by atoms with Gasteiger partial charge >= 0.3 is 0 Å². The Kier molecular flexibility index (Phi) is 3.46. The van der Waals surface area contributed by atoms with E-state index in [-0.39, 0.29) is 0 Å². The number of hydrogen-bond donors (Lipinski definition) is 0. The lowest BCUT2D eigenvalue weighted by Crippen LogP contribution is -2.01. The van der Waals surface area contributed by atoms with Gasteiger partial charge in [-0.15, -0.1) is 0 Å². The highest BCUT2D eigenvalue weighted by atomic mass is 16.5. The summed E-state index contributed by atoms with van der Waals surface area (Å²) in [5.74, 6) is 1.80. The lowest BCUT2D eigenvalue weighted by atomic mass is 9.88. The smallest absolute Gasteiger partial charge is 0.119 e. The van der Waals surface area contributed by atoms with Crippen LogP contribution in [0.5, 0.6) is 11.5 Å². The van der Waals surface area contributed by atoms with Crippen molar-refractivity contribution in [3.63, 3.8) is 0 Å². The molecule has 0 aliphatic heterocycles. The van der Waals surface area contributed by atoms with E-state index in [4.69, 9.17) is 9.47 Å². The maximum atomic E-state index is 5.27. The van der Waals surface area contributed by atoms with E-state index in [0.29, 0.717) is 0 Å². The summed E-state index contributed by atoms with van der Waals surface area (Å²) in [5.41, 5.74) is 4.95. The van der Waals surface area contributed by atoms with Gasteiger partial charge in [-0.05, 0) is 65.4 Å². The molecule has 0 unspecified atom stereocenters.